The van der Waals surface area contributed by atoms with Gasteiger partial charge in [0.25, 0.3) is 5.91 Å². The summed E-state index contributed by atoms with van der Waals surface area (Å²) in [6.45, 7) is 0. The Kier molecular flexibility index (Phi) is 3.19. The number of amides is 1. The Morgan fingerprint density at radius 2 is 1.95 bits per heavy atom. The SMILES string of the molecule is O=C(Nc1ccc(Cl)c2ncsc12)c1ccccc1. The van der Waals surface area contributed by atoms with Crippen molar-refractivity contribution in [3.05, 3.63) is 58.6 Å². The van der Waals surface area contributed by atoms with Gasteiger partial charge in [-0.05, 0) is 24.3 Å². The third-order valence-corrected chi connectivity index (χ3v) is 3.88. The number of nitrogens with zero attached hydrogens (tertiary/aromatic N) is 1. The summed E-state index contributed by atoms with van der Waals surface area (Å²) < 4.78 is 0.886. The number of carbonyl (C=O) groups is 1. The van der Waals surface area contributed by atoms with Gasteiger partial charge in [-0.3, -0.25) is 4.79 Å². The molecule has 5 heteroatoms. The lowest BCUT2D eigenvalue weighted by atomic mass is 10.2. The van der Waals surface area contributed by atoms with Crippen molar-refractivity contribution in [2.75, 3.05) is 5.32 Å². The van der Waals surface area contributed by atoms with Crippen molar-refractivity contribution in [3.8, 4) is 0 Å². The Hall–Kier alpha value is -1.91. The molecule has 0 aliphatic carbocycles. The van der Waals surface area contributed by atoms with Gasteiger partial charge in [-0.1, -0.05) is 29.8 Å². The fraction of sp³-hybridized carbons (Fsp3) is 0. The van der Waals surface area contributed by atoms with Gasteiger partial charge in [-0.15, -0.1) is 11.3 Å². The van der Waals surface area contributed by atoms with Crippen molar-refractivity contribution < 1.29 is 4.79 Å². The normalized spacial score (nSPS) is 10.6. The minimum absolute atomic E-state index is 0.141. The number of carbonyl (C=O) groups excluding carboxylic acids is 1. The molecule has 1 amide bonds. The maximum atomic E-state index is 12.1. The predicted molar refractivity (Wildman–Crippen MR) is 79.0 cm³/mol. The Labute approximate surface area is 118 Å². The quantitative estimate of drug-likeness (QED) is 0.768. The van der Waals surface area contributed by atoms with Gasteiger partial charge in [0, 0.05) is 5.56 Å². The molecule has 3 nitrogen and oxygen atoms in total. The molecule has 2 aromatic carbocycles. The molecule has 0 saturated carbocycles. The van der Waals surface area contributed by atoms with E-state index in [0.29, 0.717) is 10.6 Å². The highest BCUT2D eigenvalue weighted by molar-refractivity contribution is 7.17. The average Bonchev–Trinajstić information content (AvgIpc) is 2.93. The van der Waals surface area contributed by atoms with Crippen LogP contribution in [0.5, 0.6) is 0 Å². The van der Waals surface area contributed by atoms with Crippen molar-refractivity contribution in [1.82, 2.24) is 4.98 Å². The molecule has 1 heterocycles. The summed E-state index contributed by atoms with van der Waals surface area (Å²) in [4.78, 5) is 16.3. The highest BCUT2D eigenvalue weighted by atomic mass is 35.5. The Bertz CT molecular complexity index is 740. The lowest BCUT2D eigenvalue weighted by Gasteiger charge is -2.06. The van der Waals surface area contributed by atoms with E-state index in [9.17, 15) is 4.79 Å². The number of thiazole rings is 1. The van der Waals surface area contributed by atoms with Crippen molar-refractivity contribution in [2.24, 2.45) is 0 Å². The summed E-state index contributed by atoms with van der Waals surface area (Å²) in [5.74, 6) is -0.141. The van der Waals surface area contributed by atoms with Crippen molar-refractivity contribution >= 4 is 44.7 Å². The van der Waals surface area contributed by atoms with E-state index >= 15 is 0 Å². The molecule has 0 fully saturated rings. The third-order valence-electron chi connectivity index (χ3n) is 2.72. The molecule has 0 unspecified atom stereocenters. The van der Waals surface area contributed by atoms with Gasteiger partial charge in [0.15, 0.2) is 0 Å². The maximum Gasteiger partial charge on any atom is 0.255 e. The van der Waals surface area contributed by atoms with Crippen molar-refractivity contribution in [1.29, 1.82) is 0 Å². The van der Waals surface area contributed by atoms with Crippen LogP contribution < -0.4 is 5.32 Å². The molecule has 0 radical (unpaired) electrons. The topological polar surface area (TPSA) is 42.0 Å². The zero-order chi connectivity index (χ0) is 13.2. The first kappa shape index (κ1) is 12.1. The van der Waals surface area contributed by atoms with Crippen LogP contribution in [0.3, 0.4) is 0 Å². The number of rotatable bonds is 2. The van der Waals surface area contributed by atoms with Crippen LogP contribution in [0.4, 0.5) is 5.69 Å². The average molecular weight is 289 g/mol. The smallest absolute Gasteiger partial charge is 0.255 e. The minimum Gasteiger partial charge on any atom is -0.321 e. The Balaban J connectivity index is 1.96. The fourth-order valence-corrected chi connectivity index (χ4v) is 2.85. The molecule has 0 spiro atoms. The maximum absolute atomic E-state index is 12.1. The van der Waals surface area contributed by atoms with Crippen LogP contribution in [-0.2, 0) is 0 Å². The molecular formula is C14H9ClN2OS. The van der Waals surface area contributed by atoms with E-state index in [1.165, 1.54) is 11.3 Å². The van der Waals surface area contributed by atoms with Crippen LogP contribution in [0.15, 0.2) is 48.0 Å². The molecule has 3 aromatic rings. The number of nitrogens with one attached hydrogen (secondary N) is 1. The summed E-state index contributed by atoms with van der Waals surface area (Å²) in [6.07, 6.45) is 0. The molecule has 0 saturated heterocycles. The van der Waals surface area contributed by atoms with Crippen LogP contribution in [0.25, 0.3) is 10.2 Å². The van der Waals surface area contributed by atoms with E-state index in [1.807, 2.05) is 18.2 Å². The van der Waals surface area contributed by atoms with Gasteiger partial charge in [-0.25, -0.2) is 4.98 Å². The summed E-state index contributed by atoms with van der Waals surface area (Å²) in [6, 6.07) is 12.6. The second-order valence-electron chi connectivity index (χ2n) is 3.95. The van der Waals surface area contributed by atoms with Crippen molar-refractivity contribution in [3.63, 3.8) is 0 Å². The van der Waals surface area contributed by atoms with Gasteiger partial charge in [-0.2, -0.15) is 0 Å². The Morgan fingerprint density at radius 3 is 2.74 bits per heavy atom. The molecule has 0 atom stereocenters. The number of hydrogen-bond acceptors (Lipinski definition) is 3. The minimum atomic E-state index is -0.141. The van der Waals surface area contributed by atoms with Crippen LogP contribution in [0.2, 0.25) is 5.02 Å². The molecule has 0 aliphatic rings. The number of hydrogen-bond donors (Lipinski definition) is 1. The van der Waals surface area contributed by atoms with Gasteiger partial charge in [0.1, 0.15) is 5.52 Å². The van der Waals surface area contributed by atoms with E-state index in [1.54, 1.807) is 29.8 Å². The summed E-state index contributed by atoms with van der Waals surface area (Å²) >= 11 is 7.51. The predicted octanol–water partition coefficient (Wildman–Crippen LogP) is 4.20. The lowest BCUT2D eigenvalue weighted by Crippen LogP contribution is -2.11. The van der Waals surface area contributed by atoms with Crippen LogP contribution >= 0.6 is 22.9 Å². The molecular weight excluding hydrogens is 280 g/mol. The molecule has 3 rings (SSSR count). The molecule has 1 N–H and O–H groups in total. The Morgan fingerprint density at radius 1 is 1.16 bits per heavy atom. The molecule has 0 aliphatic heterocycles. The summed E-state index contributed by atoms with van der Waals surface area (Å²) in [5.41, 5.74) is 3.79. The molecule has 1 aromatic heterocycles. The van der Waals surface area contributed by atoms with Crippen molar-refractivity contribution in [2.45, 2.75) is 0 Å². The number of halogens is 1. The number of fused-ring (bicyclic) bond motifs is 1. The van der Waals surface area contributed by atoms with Gasteiger partial charge >= 0.3 is 0 Å². The van der Waals surface area contributed by atoms with Gasteiger partial charge < -0.3 is 5.32 Å². The monoisotopic (exact) mass is 288 g/mol. The third kappa shape index (κ3) is 2.32. The van der Waals surface area contributed by atoms with Crippen LogP contribution in [0, 0.1) is 0 Å². The largest absolute Gasteiger partial charge is 0.321 e. The number of aromatic nitrogens is 1. The zero-order valence-electron chi connectivity index (χ0n) is 9.76. The standard InChI is InChI=1S/C14H9ClN2OS/c15-10-6-7-11(13-12(10)16-8-19-13)17-14(18)9-4-2-1-3-5-9/h1-8H,(H,17,18). The summed E-state index contributed by atoms with van der Waals surface area (Å²) in [7, 11) is 0. The highest BCUT2D eigenvalue weighted by Crippen LogP contribution is 2.32. The number of anilines is 1. The first-order valence-corrected chi connectivity index (χ1v) is 6.89. The van der Waals surface area contributed by atoms with Crippen LogP contribution in [0.1, 0.15) is 10.4 Å². The fourth-order valence-electron chi connectivity index (χ4n) is 1.80. The van der Waals surface area contributed by atoms with E-state index in [2.05, 4.69) is 10.3 Å². The second kappa shape index (κ2) is 4.99. The molecule has 0 bridgehead atoms. The highest BCUT2D eigenvalue weighted by Gasteiger charge is 2.11. The lowest BCUT2D eigenvalue weighted by molar-refractivity contribution is 0.102. The van der Waals surface area contributed by atoms with Gasteiger partial charge in [0.05, 0.1) is 20.9 Å². The summed E-state index contributed by atoms with van der Waals surface area (Å²) in [5, 5.41) is 3.48. The first-order chi connectivity index (χ1) is 9.25. The second-order valence-corrected chi connectivity index (χ2v) is 5.21. The van der Waals surface area contributed by atoms with E-state index < -0.39 is 0 Å². The van der Waals surface area contributed by atoms with Crippen LogP contribution in [-0.4, -0.2) is 10.9 Å². The van der Waals surface area contributed by atoms with Gasteiger partial charge in [0.2, 0.25) is 0 Å². The van der Waals surface area contributed by atoms with E-state index in [0.717, 1.165) is 15.9 Å². The molecule has 94 valence electrons. The van der Waals surface area contributed by atoms with E-state index in [4.69, 9.17) is 11.6 Å². The first-order valence-electron chi connectivity index (χ1n) is 5.64. The number of benzene rings is 2. The van der Waals surface area contributed by atoms with E-state index in [-0.39, 0.29) is 5.91 Å². The zero-order valence-corrected chi connectivity index (χ0v) is 11.3. The molecule has 19 heavy (non-hydrogen) atoms.